The molecule has 266 valence electrons. The maximum Gasteiger partial charge on any atom is 0.230 e. The van der Waals surface area contributed by atoms with Crippen LogP contribution in [0.3, 0.4) is 0 Å². The van der Waals surface area contributed by atoms with E-state index < -0.39 is 64.1 Å². The molecule has 50 heavy (non-hydrogen) atoms. The molecule has 0 bridgehead atoms. The molecule has 0 aliphatic heterocycles. The van der Waals surface area contributed by atoms with E-state index in [1.165, 1.54) is 6.07 Å². The number of primary amides is 1. The van der Waals surface area contributed by atoms with Crippen LogP contribution in [0.5, 0.6) is 5.75 Å². The summed E-state index contributed by atoms with van der Waals surface area (Å²) in [7, 11) is 3.25. The van der Waals surface area contributed by atoms with E-state index in [4.69, 9.17) is 5.73 Å². The normalized spacial score (nSPS) is 30.9. The molecular formula is C40H48N2O8. The van der Waals surface area contributed by atoms with Crippen molar-refractivity contribution in [2.75, 3.05) is 14.1 Å². The van der Waals surface area contributed by atoms with Crippen LogP contribution < -0.4 is 5.73 Å². The second-order valence-corrected chi connectivity index (χ2v) is 16.1. The third-order valence-electron chi connectivity index (χ3n) is 11.8. The second-order valence-electron chi connectivity index (χ2n) is 16.1. The van der Waals surface area contributed by atoms with E-state index >= 15 is 0 Å². The number of carbonyl (C=O) groups excluding carboxylic acids is 4. The highest BCUT2D eigenvalue weighted by atomic mass is 16.3. The molecule has 3 fully saturated rings. The smallest absolute Gasteiger partial charge is 0.230 e. The first-order chi connectivity index (χ1) is 23.4. The number of likely N-dealkylation sites (N-methyl/N-ethyl adjacent to an activating group) is 1. The third kappa shape index (κ3) is 5.52. The zero-order valence-corrected chi connectivity index (χ0v) is 29.4. The van der Waals surface area contributed by atoms with E-state index in [0.29, 0.717) is 12.0 Å². The molecule has 4 aliphatic rings. The number of benzene rings is 2. The molecule has 6 rings (SSSR count). The molecule has 2 aromatic carbocycles. The number of Topliss-reactive ketones (excluding diaryl/α,β-unsaturated/α-hetero) is 3. The number of phenolic OH excluding ortho intramolecular Hbond substituents is 1. The van der Waals surface area contributed by atoms with Gasteiger partial charge in [0, 0.05) is 28.9 Å². The molecule has 0 spiro atoms. The summed E-state index contributed by atoms with van der Waals surface area (Å²) < 4.78 is 0. The van der Waals surface area contributed by atoms with Gasteiger partial charge in [-0.25, -0.2) is 0 Å². The fourth-order valence-electron chi connectivity index (χ4n) is 9.39. The molecule has 10 heteroatoms. The van der Waals surface area contributed by atoms with Gasteiger partial charge >= 0.3 is 0 Å². The molecule has 0 radical (unpaired) electrons. The number of aliphatic hydroxyl groups excluding tert-OH is 2. The number of nitrogens with two attached hydrogens (primary N) is 1. The zero-order valence-electron chi connectivity index (χ0n) is 29.4. The molecule has 8 atom stereocenters. The summed E-state index contributed by atoms with van der Waals surface area (Å²) >= 11 is 0. The second kappa shape index (κ2) is 12.6. The van der Waals surface area contributed by atoms with Gasteiger partial charge in [-0.1, -0.05) is 69.7 Å². The number of hydrogen-bond acceptors (Lipinski definition) is 9. The lowest BCUT2D eigenvalue weighted by Crippen LogP contribution is -2.73. The molecular weight excluding hydrogens is 636 g/mol. The fourth-order valence-corrected chi connectivity index (χ4v) is 9.39. The largest absolute Gasteiger partial charge is 0.507 e. The van der Waals surface area contributed by atoms with Crippen LogP contribution in [0.4, 0.5) is 0 Å². The minimum Gasteiger partial charge on any atom is -0.507 e. The van der Waals surface area contributed by atoms with Crippen LogP contribution >= 0.6 is 0 Å². The first-order valence-corrected chi connectivity index (χ1v) is 17.4. The number of allylic oxidation sites excluding steroid dienone is 1. The number of carbonyl (C=O) groups is 4. The minimum atomic E-state index is -2.70. The van der Waals surface area contributed by atoms with Crippen LogP contribution in [0.1, 0.15) is 63.1 Å². The van der Waals surface area contributed by atoms with Crippen molar-refractivity contribution in [1.29, 1.82) is 0 Å². The molecule has 4 unspecified atom stereocenters. The number of rotatable bonds is 7. The van der Waals surface area contributed by atoms with Crippen molar-refractivity contribution < 1.29 is 39.6 Å². The van der Waals surface area contributed by atoms with Gasteiger partial charge < -0.3 is 31.1 Å². The van der Waals surface area contributed by atoms with Gasteiger partial charge in [-0.3, -0.25) is 19.2 Å². The van der Waals surface area contributed by atoms with Gasteiger partial charge in [0.2, 0.25) is 11.7 Å². The quantitative estimate of drug-likeness (QED) is 0.214. The van der Waals surface area contributed by atoms with Crippen LogP contribution in [0, 0.1) is 35.0 Å². The van der Waals surface area contributed by atoms with E-state index in [2.05, 4.69) is 6.58 Å². The van der Waals surface area contributed by atoms with Gasteiger partial charge in [0.05, 0.1) is 11.7 Å². The predicted molar refractivity (Wildman–Crippen MR) is 188 cm³/mol. The highest BCUT2D eigenvalue weighted by Gasteiger charge is 2.67. The maximum absolute atomic E-state index is 14.1. The standard InChI is InChI=1S/C40H48N2O8/c1-19(23-8-7-9-25(23)35(46)39(2,3)4)16-20-10-12-21(13-11-20)24-14-15-28(43)30-26(24)17-22-18-27-32(42(5)6)34(45)31(38(41)49)37(48)40(27,50)36(47)29(22)33(30)44/h10-15,22-23,25,27,31-32,34,43-45,50H,1,7-9,16-18H2,2-6H3,(H2,41,49)/t22-,23?,25?,27-,31?,32-,34?,40-/m1/s1. The number of nitrogens with zero attached hydrogens (tertiary/aromatic N) is 1. The zero-order chi connectivity index (χ0) is 36.6. The van der Waals surface area contributed by atoms with Crippen molar-refractivity contribution in [3.8, 4) is 16.9 Å². The van der Waals surface area contributed by atoms with Crippen molar-refractivity contribution in [1.82, 2.24) is 4.90 Å². The Kier molecular flexibility index (Phi) is 8.98. The Labute approximate surface area is 292 Å². The lowest BCUT2D eigenvalue weighted by Gasteiger charge is -2.53. The summed E-state index contributed by atoms with van der Waals surface area (Å²) in [6.07, 6.45) is 2.21. The lowest BCUT2D eigenvalue weighted by atomic mass is 9.54. The van der Waals surface area contributed by atoms with Crippen molar-refractivity contribution >= 4 is 29.0 Å². The van der Waals surface area contributed by atoms with Crippen LogP contribution in [-0.4, -0.2) is 80.4 Å². The Morgan fingerprint density at radius 1 is 1.02 bits per heavy atom. The van der Waals surface area contributed by atoms with E-state index in [0.717, 1.165) is 41.5 Å². The van der Waals surface area contributed by atoms with E-state index in [1.807, 2.05) is 45.0 Å². The Balaban J connectivity index is 1.32. The molecule has 2 aromatic rings. The van der Waals surface area contributed by atoms with Crippen LogP contribution in [0.2, 0.25) is 0 Å². The Bertz CT molecular complexity index is 1820. The molecule has 0 saturated heterocycles. The van der Waals surface area contributed by atoms with Crippen molar-refractivity contribution in [2.24, 2.45) is 40.7 Å². The summed E-state index contributed by atoms with van der Waals surface area (Å²) in [5, 5.41) is 45.6. The van der Waals surface area contributed by atoms with Crippen molar-refractivity contribution in [3.05, 3.63) is 70.8 Å². The van der Waals surface area contributed by atoms with E-state index in [9.17, 15) is 39.6 Å². The molecule has 0 heterocycles. The summed E-state index contributed by atoms with van der Waals surface area (Å²) in [6.45, 7) is 10.3. The monoisotopic (exact) mass is 684 g/mol. The van der Waals surface area contributed by atoms with Gasteiger partial charge in [0.1, 0.15) is 23.2 Å². The molecule has 6 N–H and O–H groups in total. The molecule has 1 amide bonds. The van der Waals surface area contributed by atoms with Gasteiger partial charge in [-0.2, -0.15) is 0 Å². The Hall–Kier alpha value is -4.12. The molecule has 10 nitrogen and oxygen atoms in total. The Morgan fingerprint density at radius 2 is 1.66 bits per heavy atom. The van der Waals surface area contributed by atoms with E-state index in [-0.39, 0.29) is 47.3 Å². The first-order valence-electron chi connectivity index (χ1n) is 17.4. The van der Waals surface area contributed by atoms with Gasteiger partial charge in [-0.05, 0) is 86.4 Å². The maximum atomic E-state index is 14.1. The number of ketones is 3. The van der Waals surface area contributed by atoms with Gasteiger partial charge in [-0.15, -0.1) is 0 Å². The topological polar surface area (TPSA) is 178 Å². The highest BCUT2D eigenvalue weighted by molar-refractivity contribution is 6.25. The highest BCUT2D eigenvalue weighted by Crippen LogP contribution is 2.53. The molecule has 3 saturated carbocycles. The number of fused-ring (bicyclic) bond motifs is 3. The van der Waals surface area contributed by atoms with Crippen LogP contribution in [-0.2, 0) is 32.0 Å². The summed E-state index contributed by atoms with van der Waals surface area (Å²) in [4.78, 5) is 54.7. The predicted octanol–water partition coefficient (Wildman–Crippen LogP) is 3.93. The minimum absolute atomic E-state index is 0.00819. The Morgan fingerprint density at radius 3 is 2.26 bits per heavy atom. The number of hydrogen-bond donors (Lipinski definition) is 5. The summed E-state index contributed by atoms with van der Waals surface area (Å²) in [5.41, 5.74) is 6.52. The summed E-state index contributed by atoms with van der Waals surface area (Å²) in [5.74, 6) is -7.27. The van der Waals surface area contributed by atoms with Crippen LogP contribution in [0.25, 0.3) is 16.9 Å². The van der Waals surface area contributed by atoms with Gasteiger partial charge in [0.15, 0.2) is 11.4 Å². The SMILES string of the molecule is C=C(Cc1ccc(-c2ccc(O)c3c2C[C@@H]2C[C@@H]4[C@@H](N(C)C)C(O)C(C(N)=O)C(=O)[C@]4(O)C(=O)C2=C3O)cc1)C1CCCC1C(=O)C(C)(C)C. The number of amides is 1. The van der Waals surface area contributed by atoms with Crippen molar-refractivity contribution in [2.45, 2.75) is 77.0 Å². The van der Waals surface area contributed by atoms with E-state index in [1.54, 1.807) is 25.1 Å². The third-order valence-corrected chi connectivity index (χ3v) is 11.8. The van der Waals surface area contributed by atoms with Gasteiger partial charge in [0.25, 0.3) is 0 Å². The van der Waals surface area contributed by atoms with Crippen LogP contribution in [0.15, 0.2) is 54.1 Å². The molecule has 4 aliphatic carbocycles. The summed E-state index contributed by atoms with van der Waals surface area (Å²) in [6, 6.07) is 10.2. The number of phenols is 1. The van der Waals surface area contributed by atoms with Crippen molar-refractivity contribution in [3.63, 3.8) is 0 Å². The fraction of sp³-hybridized carbons (Fsp3) is 0.500. The lowest BCUT2D eigenvalue weighted by molar-refractivity contribution is -0.184. The number of aromatic hydroxyl groups is 1. The first kappa shape index (κ1) is 35.7. The number of aliphatic hydroxyl groups is 3. The average molecular weight is 685 g/mol. The molecule has 0 aromatic heterocycles. The average Bonchev–Trinajstić information content (AvgIpc) is 3.52.